The number of rotatable bonds is 7. The molecule has 19 heavy (non-hydrogen) atoms. The summed E-state index contributed by atoms with van der Waals surface area (Å²) in [6.45, 7) is 0.189. The van der Waals surface area contributed by atoms with Crippen molar-refractivity contribution in [2.45, 2.75) is 18.9 Å². The zero-order valence-electron chi connectivity index (χ0n) is 9.83. The number of hydrogen-bond acceptors (Lipinski definition) is 6. The minimum atomic E-state index is -1.36. The lowest BCUT2D eigenvalue weighted by molar-refractivity contribution is -0.140. The van der Waals surface area contributed by atoms with E-state index in [1.165, 1.54) is 0 Å². The molecule has 0 aliphatic heterocycles. The van der Waals surface area contributed by atoms with Crippen molar-refractivity contribution >= 4 is 17.9 Å². The Kier molecular flexibility index (Phi) is 5.26. The molecule has 1 heterocycles. The number of aliphatic carboxylic acids is 1. The summed E-state index contributed by atoms with van der Waals surface area (Å²) in [5, 5.41) is 16.8. The molecule has 10 nitrogen and oxygen atoms in total. The maximum absolute atomic E-state index is 11.4. The largest absolute Gasteiger partial charge is 0.480 e. The number of aromatic nitrogens is 2. The molecule has 1 atom stereocenters. The molecule has 1 aromatic heterocycles. The van der Waals surface area contributed by atoms with Gasteiger partial charge >= 0.3 is 12.0 Å². The van der Waals surface area contributed by atoms with Gasteiger partial charge in [0.15, 0.2) is 5.82 Å². The van der Waals surface area contributed by atoms with Crippen LogP contribution in [0.4, 0.5) is 4.79 Å². The van der Waals surface area contributed by atoms with Crippen LogP contribution < -0.4 is 16.4 Å². The van der Waals surface area contributed by atoms with E-state index < -0.39 is 30.4 Å². The average Bonchev–Trinajstić information content (AvgIpc) is 2.80. The molecule has 0 radical (unpaired) electrons. The number of amides is 3. The molecule has 10 heteroatoms. The predicted molar refractivity (Wildman–Crippen MR) is 59.8 cm³/mol. The first kappa shape index (κ1) is 14.4. The molecule has 0 fully saturated rings. The van der Waals surface area contributed by atoms with Gasteiger partial charge in [0, 0.05) is 13.0 Å². The third-order valence-corrected chi connectivity index (χ3v) is 2.05. The number of carbonyl (C=O) groups is 3. The van der Waals surface area contributed by atoms with Crippen LogP contribution in [0.3, 0.4) is 0 Å². The predicted octanol–water partition coefficient (Wildman–Crippen LogP) is -1.76. The monoisotopic (exact) mass is 271 g/mol. The molecule has 104 valence electrons. The Morgan fingerprint density at radius 3 is 2.74 bits per heavy atom. The van der Waals surface area contributed by atoms with Crippen molar-refractivity contribution in [2.75, 3.05) is 6.54 Å². The zero-order valence-corrected chi connectivity index (χ0v) is 9.83. The van der Waals surface area contributed by atoms with Crippen molar-refractivity contribution in [1.29, 1.82) is 0 Å². The molecular weight excluding hydrogens is 258 g/mol. The Bertz CT molecular complexity index is 446. The van der Waals surface area contributed by atoms with Crippen LogP contribution in [0.25, 0.3) is 0 Å². The van der Waals surface area contributed by atoms with Crippen molar-refractivity contribution < 1.29 is 24.0 Å². The Labute approximate surface area is 107 Å². The van der Waals surface area contributed by atoms with Gasteiger partial charge in [0.25, 0.3) is 0 Å². The summed E-state index contributed by atoms with van der Waals surface area (Å²) in [4.78, 5) is 36.5. The van der Waals surface area contributed by atoms with E-state index in [0.29, 0.717) is 12.2 Å². The Balaban J connectivity index is 2.32. The van der Waals surface area contributed by atoms with Gasteiger partial charge in [-0.1, -0.05) is 5.16 Å². The summed E-state index contributed by atoms with van der Waals surface area (Å²) >= 11 is 0. The topological polar surface area (TPSA) is 160 Å². The molecule has 0 spiro atoms. The maximum Gasteiger partial charge on any atom is 0.326 e. The number of carboxylic acid groups (broad SMARTS) is 1. The second kappa shape index (κ2) is 6.93. The summed E-state index contributed by atoms with van der Waals surface area (Å²) in [6.07, 6.45) is 1.01. The van der Waals surface area contributed by atoms with Crippen LogP contribution in [-0.2, 0) is 16.0 Å². The number of urea groups is 1. The van der Waals surface area contributed by atoms with E-state index in [1.54, 1.807) is 0 Å². The van der Waals surface area contributed by atoms with Gasteiger partial charge in [-0.3, -0.25) is 4.79 Å². The second-order valence-corrected chi connectivity index (χ2v) is 3.56. The SMILES string of the molecule is NC(=O)C[C@@H](NC(=O)NCCc1ncon1)C(=O)O. The molecule has 0 saturated heterocycles. The molecular formula is C9H13N5O5. The van der Waals surface area contributed by atoms with Gasteiger partial charge in [-0.2, -0.15) is 4.98 Å². The highest BCUT2D eigenvalue weighted by Crippen LogP contribution is 1.92. The van der Waals surface area contributed by atoms with Gasteiger partial charge in [0.1, 0.15) is 6.04 Å². The molecule has 0 aliphatic carbocycles. The van der Waals surface area contributed by atoms with Gasteiger partial charge in [0.05, 0.1) is 6.42 Å². The highest BCUT2D eigenvalue weighted by atomic mass is 16.5. The zero-order chi connectivity index (χ0) is 14.3. The number of nitrogens with two attached hydrogens (primary N) is 1. The maximum atomic E-state index is 11.4. The fraction of sp³-hybridized carbons (Fsp3) is 0.444. The molecule has 0 unspecified atom stereocenters. The molecule has 0 aliphatic rings. The van der Waals surface area contributed by atoms with Crippen LogP contribution in [0, 0.1) is 0 Å². The molecule has 1 aromatic rings. The minimum Gasteiger partial charge on any atom is -0.480 e. The third-order valence-electron chi connectivity index (χ3n) is 2.05. The summed E-state index contributed by atoms with van der Waals surface area (Å²) in [6, 6.07) is -2.08. The fourth-order valence-corrected chi connectivity index (χ4v) is 1.20. The van der Waals surface area contributed by atoms with Crippen LogP contribution in [0.1, 0.15) is 12.2 Å². The molecule has 3 amide bonds. The van der Waals surface area contributed by atoms with Gasteiger partial charge in [-0.05, 0) is 0 Å². The normalized spacial score (nSPS) is 11.6. The first-order valence-electron chi connectivity index (χ1n) is 5.29. The molecule has 0 saturated carbocycles. The van der Waals surface area contributed by atoms with Crippen LogP contribution in [-0.4, -0.2) is 45.7 Å². The first-order chi connectivity index (χ1) is 8.99. The van der Waals surface area contributed by atoms with Gasteiger partial charge in [-0.15, -0.1) is 0 Å². The number of carboxylic acids is 1. The highest BCUT2D eigenvalue weighted by molar-refractivity contribution is 5.87. The van der Waals surface area contributed by atoms with Crippen molar-refractivity contribution in [3.05, 3.63) is 12.2 Å². The molecule has 1 rings (SSSR count). The Hall–Kier alpha value is -2.65. The second-order valence-electron chi connectivity index (χ2n) is 3.56. The minimum absolute atomic E-state index is 0.189. The van der Waals surface area contributed by atoms with E-state index in [-0.39, 0.29) is 6.54 Å². The lowest BCUT2D eigenvalue weighted by Crippen LogP contribution is -2.48. The lowest BCUT2D eigenvalue weighted by Gasteiger charge is -2.13. The standard InChI is InChI=1S/C9H13N5O5/c10-6(15)3-5(8(16)17)13-9(18)11-2-1-7-12-4-19-14-7/h4-5H,1-3H2,(H2,10,15)(H,16,17)(H2,11,13,18)/t5-/m1/s1. The summed E-state index contributed by atoms with van der Waals surface area (Å²) < 4.78 is 4.49. The van der Waals surface area contributed by atoms with E-state index in [1.807, 2.05) is 0 Å². The molecule has 0 aromatic carbocycles. The molecule has 5 N–H and O–H groups in total. The summed E-state index contributed by atoms with van der Waals surface area (Å²) in [5.41, 5.74) is 4.87. The van der Waals surface area contributed by atoms with Gasteiger partial charge in [0.2, 0.25) is 12.3 Å². The Morgan fingerprint density at radius 2 is 2.21 bits per heavy atom. The number of carbonyl (C=O) groups excluding carboxylic acids is 2. The van der Waals surface area contributed by atoms with E-state index in [9.17, 15) is 14.4 Å². The summed E-state index contributed by atoms with van der Waals surface area (Å²) in [7, 11) is 0. The first-order valence-corrected chi connectivity index (χ1v) is 5.29. The van der Waals surface area contributed by atoms with E-state index in [4.69, 9.17) is 10.8 Å². The lowest BCUT2D eigenvalue weighted by atomic mass is 10.2. The highest BCUT2D eigenvalue weighted by Gasteiger charge is 2.21. The average molecular weight is 271 g/mol. The van der Waals surface area contributed by atoms with Crippen LogP contribution >= 0.6 is 0 Å². The van der Waals surface area contributed by atoms with E-state index in [2.05, 4.69) is 25.3 Å². The van der Waals surface area contributed by atoms with Crippen LogP contribution in [0.5, 0.6) is 0 Å². The van der Waals surface area contributed by atoms with Crippen molar-refractivity contribution in [2.24, 2.45) is 5.73 Å². The number of hydrogen-bond donors (Lipinski definition) is 4. The molecule has 0 bridgehead atoms. The van der Waals surface area contributed by atoms with E-state index in [0.717, 1.165) is 6.39 Å². The van der Waals surface area contributed by atoms with Crippen molar-refractivity contribution in [1.82, 2.24) is 20.8 Å². The van der Waals surface area contributed by atoms with Gasteiger partial charge < -0.3 is 26.0 Å². The van der Waals surface area contributed by atoms with Crippen LogP contribution in [0.2, 0.25) is 0 Å². The number of nitrogens with one attached hydrogen (secondary N) is 2. The Morgan fingerprint density at radius 1 is 1.47 bits per heavy atom. The summed E-state index contributed by atoms with van der Waals surface area (Å²) in [5.74, 6) is -1.75. The van der Waals surface area contributed by atoms with Gasteiger partial charge in [-0.25, -0.2) is 9.59 Å². The fourth-order valence-electron chi connectivity index (χ4n) is 1.20. The number of primary amides is 1. The number of nitrogens with zero attached hydrogens (tertiary/aromatic N) is 2. The third kappa shape index (κ3) is 5.48. The van der Waals surface area contributed by atoms with E-state index >= 15 is 0 Å². The van der Waals surface area contributed by atoms with Crippen molar-refractivity contribution in [3.63, 3.8) is 0 Å². The van der Waals surface area contributed by atoms with Crippen molar-refractivity contribution in [3.8, 4) is 0 Å². The smallest absolute Gasteiger partial charge is 0.326 e. The quantitative estimate of drug-likeness (QED) is 0.456. The van der Waals surface area contributed by atoms with Crippen LogP contribution in [0.15, 0.2) is 10.9 Å².